The second-order valence-corrected chi connectivity index (χ2v) is 8.63. The van der Waals surface area contributed by atoms with E-state index in [2.05, 4.69) is 22.6 Å². The summed E-state index contributed by atoms with van der Waals surface area (Å²) in [5, 5.41) is 2.66. The first-order chi connectivity index (χ1) is 10.2. The van der Waals surface area contributed by atoms with Crippen molar-refractivity contribution in [3.8, 4) is 0 Å². The highest BCUT2D eigenvalue weighted by molar-refractivity contribution is 14.1. The third kappa shape index (κ3) is 2.70. The van der Waals surface area contributed by atoms with Crippen LogP contribution in [0.2, 0.25) is 0 Å². The van der Waals surface area contributed by atoms with Crippen LogP contribution in [0.1, 0.15) is 0 Å². The normalized spacial score (nSPS) is 11.3. The van der Waals surface area contributed by atoms with Crippen LogP contribution in [0.4, 0.5) is 0 Å². The zero-order chi connectivity index (χ0) is 14.7. The minimum absolute atomic E-state index is 0.875. The maximum absolute atomic E-state index is 14.0. The van der Waals surface area contributed by atoms with Gasteiger partial charge in [-0.05, 0) is 34.7 Å². The molecule has 3 aromatic carbocycles. The van der Waals surface area contributed by atoms with Crippen molar-refractivity contribution in [2.45, 2.75) is 0 Å². The number of benzene rings is 3. The van der Waals surface area contributed by atoms with Gasteiger partial charge in [0.2, 0.25) is 0 Å². The summed E-state index contributed by atoms with van der Waals surface area (Å²) in [6.07, 6.45) is 0. The maximum Gasteiger partial charge on any atom is 0.172 e. The molecule has 0 fully saturated rings. The molecule has 0 aromatic heterocycles. The summed E-state index contributed by atoms with van der Waals surface area (Å²) in [5.74, 6) is 0. The van der Waals surface area contributed by atoms with E-state index in [9.17, 15) is 4.57 Å². The lowest BCUT2D eigenvalue weighted by atomic mass is 10.4. The van der Waals surface area contributed by atoms with Gasteiger partial charge < -0.3 is 4.57 Å². The van der Waals surface area contributed by atoms with E-state index in [-0.39, 0.29) is 0 Å². The van der Waals surface area contributed by atoms with E-state index in [0.717, 1.165) is 19.5 Å². The van der Waals surface area contributed by atoms with Crippen LogP contribution in [0.3, 0.4) is 0 Å². The summed E-state index contributed by atoms with van der Waals surface area (Å²) in [5.41, 5.74) is 0. The van der Waals surface area contributed by atoms with Gasteiger partial charge in [-0.2, -0.15) is 0 Å². The van der Waals surface area contributed by atoms with Crippen LogP contribution in [0.5, 0.6) is 0 Å². The van der Waals surface area contributed by atoms with E-state index in [0.29, 0.717) is 0 Å². The zero-order valence-electron chi connectivity index (χ0n) is 11.3. The Morgan fingerprint density at radius 3 is 1.52 bits per heavy atom. The van der Waals surface area contributed by atoms with E-state index >= 15 is 0 Å². The minimum Gasteiger partial charge on any atom is -0.309 e. The lowest BCUT2D eigenvalue weighted by molar-refractivity contribution is 0.592. The summed E-state index contributed by atoms with van der Waals surface area (Å²) in [4.78, 5) is 0. The zero-order valence-corrected chi connectivity index (χ0v) is 14.4. The Balaban J connectivity index is 2.32. The van der Waals surface area contributed by atoms with Gasteiger partial charge in [-0.25, -0.2) is 0 Å². The molecule has 0 heterocycles. The van der Waals surface area contributed by atoms with Gasteiger partial charge in [-0.3, -0.25) is 0 Å². The summed E-state index contributed by atoms with van der Waals surface area (Å²) in [7, 11) is -2.82. The lowest BCUT2D eigenvalue weighted by Gasteiger charge is -2.21. The lowest BCUT2D eigenvalue weighted by Crippen LogP contribution is -2.26. The Kier molecular flexibility index (Phi) is 4.27. The van der Waals surface area contributed by atoms with Crippen LogP contribution in [0.25, 0.3) is 0 Å². The van der Waals surface area contributed by atoms with Crippen molar-refractivity contribution >= 4 is 45.6 Å². The maximum atomic E-state index is 14.0. The highest BCUT2D eigenvalue weighted by Gasteiger charge is 2.30. The Hall–Kier alpha value is -1.38. The van der Waals surface area contributed by atoms with Crippen LogP contribution >= 0.6 is 29.7 Å². The summed E-state index contributed by atoms with van der Waals surface area (Å²) < 4.78 is 15.1. The van der Waals surface area contributed by atoms with Crippen molar-refractivity contribution in [2.24, 2.45) is 0 Å². The van der Waals surface area contributed by atoms with Crippen molar-refractivity contribution < 1.29 is 4.57 Å². The SMILES string of the molecule is O=P(c1ccccc1)(c1ccccc1)c1ccccc1I. The molecule has 0 aliphatic heterocycles. The second-order valence-electron chi connectivity index (χ2n) is 4.73. The van der Waals surface area contributed by atoms with Crippen LogP contribution in [0, 0.1) is 3.57 Å². The quantitative estimate of drug-likeness (QED) is 0.478. The second kappa shape index (κ2) is 6.17. The van der Waals surface area contributed by atoms with Gasteiger partial charge in [0.15, 0.2) is 7.14 Å². The van der Waals surface area contributed by atoms with E-state index in [4.69, 9.17) is 0 Å². The molecule has 0 atom stereocenters. The first-order valence-electron chi connectivity index (χ1n) is 6.69. The van der Waals surface area contributed by atoms with Crippen molar-refractivity contribution in [3.05, 3.63) is 88.5 Å². The Bertz CT molecular complexity index is 741. The molecular weight excluding hydrogens is 390 g/mol. The third-order valence-corrected chi connectivity index (χ3v) is 7.92. The summed E-state index contributed by atoms with van der Waals surface area (Å²) in [6, 6.07) is 27.4. The first-order valence-corrected chi connectivity index (χ1v) is 9.48. The van der Waals surface area contributed by atoms with E-state index in [1.165, 1.54) is 0 Å². The molecule has 21 heavy (non-hydrogen) atoms. The molecule has 0 amide bonds. The third-order valence-electron chi connectivity index (χ3n) is 3.43. The van der Waals surface area contributed by atoms with Gasteiger partial charge in [-0.1, -0.05) is 72.8 Å². The van der Waals surface area contributed by atoms with Crippen molar-refractivity contribution in [1.29, 1.82) is 0 Å². The topological polar surface area (TPSA) is 17.1 Å². The fourth-order valence-corrected chi connectivity index (χ4v) is 6.53. The molecule has 3 aromatic rings. The Morgan fingerprint density at radius 2 is 1.05 bits per heavy atom. The molecule has 0 unspecified atom stereocenters. The molecule has 3 heteroatoms. The van der Waals surface area contributed by atoms with Crippen molar-refractivity contribution in [2.75, 3.05) is 0 Å². The number of rotatable bonds is 3. The van der Waals surface area contributed by atoms with Crippen LogP contribution in [-0.4, -0.2) is 0 Å². The van der Waals surface area contributed by atoms with Crippen LogP contribution < -0.4 is 15.9 Å². The molecular formula is C18H14IOP. The van der Waals surface area contributed by atoms with Gasteiger partial charge in [0.25, 0.3) is 0 Å². The molecule has 0 saturated carbocycles. The molecule has 0 saturated heterocycles. The molecule has 0 bridgehead atoms. The summed E-state index contributed by atoms with van der Waals surface area (Å²) >= 11 is 2.27. The Morgan fingerprint density at radius 1 is 0.619 bits per heavy atom. The smallest absolute Gasteiger partial charge is 0.172 e. The monoisotopic (exact) mass is 404 g/mol. The van der Waals surface area contributed by atoms with Crippen molar-refractivity contribution in [1.82, 2.24) is 0 Å². The standard InChI is InChI=1S/C18H14IOP/c19-17-13-7-8-14-18(17)21(20,15-9-3-1-4-10-15)16-11-5-2-6-12-16/h1-14H. The average molecular weight is 404 g/mol. The van der Waals surface area contributed by atoms with Crippen molar-refractivity contribution in [3.63, 3.8) is 0 Å². The highest BCUT2D eigenvalue weighted by Crippen LogP contribution is 2.43. The molecule has 104 valence electrons. The predicted octanol–water partition coefficient (Wildman–Crippen LogP) is 3.93. The number of hydrogen-bond donors (Lipinski definition) is 0. The molecule has 1 nitrogen and oxygen atoms in total. The fourth-order valence-electron chi connectivity index (χ4n) is 2.41. The predicted molar refractivity (Wildman–Crippen MR) is 98.6 cm³/mol. The average Bonchev–Trinajstić information content (AvgIpc) is 2.56. The molecule has 0 radical (unpaired) electrons. The fraction of sp³-hybridized carbons (Fsp3) is 0. The molecule has 0 aliphatic carbocycles. The number of hydrogen-bond acceptors (Lipinski definition) is 1. The van der Waals surface area contributed by atoms with Gasteiger partial charge >= 0.3 is 0 Å². The van der Waals surface area contributed by atoms with Crippen LogP contribution in [-0.2, 0) is 4.57 Å². The molecule has 0 N–H and O–H groups in total. The van der Waals surface area contributed by atoms with Crippen LogP contribution in [0.15, 0.2) is 84.9 Å². The molecule has 3 rings (SSSR count). The van der Waals surface area contributed by atoms with Gasteiger partial charge in [0.1, 0.15) is 0 Å². The molecule has 0 aliphatic rings. The largest absolute Gasteiger partial charge is 0.309 e. The van der Waals surface area contributed by atoms with E-state index in [1.807, 2.05) is 84.9 Å². The minimum atomic E-state index is -2.82. The highest BCUT2D eigenvalue weighted by atomic mass is 127. The van der Waals surface area contributed by atoms with E-state index < -0.39 is 7.14 Å². The van der Waals surface area contributed by atoms with Gasteiger partial charge in [0.05, 0.1) is 0 Å². The van der Waals surface area contributed by atoms with Gasteiger partial charge in [-0.15, -0.1) is 0 Å². The molecule has 0 spiro atoms. The number of halogens is 1. The first kappa shape index (κ1) is 14.6. The Labute approximate surface area is 138 Å². The van der Waals surface area contributed by atoms with E-state index in [1.54, 1.807) is 0 Å². The van der Waals surface area contributed by atoms with Gasteiger partial charge in [0, 0.05) is 19.5 Å². The summed E-state index contributed by atoms with van der Waals surface area (Å²) in [6.45, 7) is 0.